The van der Waals surface area contributed by atoms with E-state index in [1.807, 2.05) is 17.6 Å². The summed E-state index contributed by atoms with van der Waals surface area (Å²) in [5.41, 5.74) is 1.62. The largest absolute Gasteiger partial charge is 0.465 e. The normalized spacial score (nSPS) is 11.9. The zero-order chi connectivity index (χ0) is 18.1. The first-order chi connectivity index (χ1) is 11.9. The number of halogens is 2. The predicted molar refractivity (Wildman–Crippen MR) is 101 cm³/mol. The van der Waals surface area contributed by atoms with E-state index >= 15 is 0 Å². The molecule has 0 radical (unpaired) electrons. The van der Waals surface area contributed by atoms with Crippen LogP contribution < -0.4 is 4.80 Å². The summed E-state index contributed by atoms with van der Waals surface area (Å²) < 4.78 is 8.24. The summed E-state index contributed by atoms with van der Waals surface area (Å²) in [7, 11) is 1.34. The number of rotatable bonds is 3. The Labute approximate surface area is 161 Å². The van der Waals surface area contributed by atoms with Crippen molar-refractivity contribution in [3.63, 3.8) is 0 Å². The lowest BCUT2D eigenvalue weighted by atomic mass is 10.2. The van der Waals surface area contributed by atoms with Gasteiger partial charge in [-0.05, 0) is 31.2 Å². The summed E-state index contributed by atoms with van der Waals surface area (Å²) in [4.78, 5) is 28.9. The molecule has 0 spiro atoms. The molecule has 0 N–H and O–H groups in total. The Kier molecular flexibility index (Phi) is 5.29. The number of hydrogen-bond donors (Lipinski definition) is 0. The van der Waals surface area contributed by atoms with Gasteiger partial charge in [-0.1, -0.05) is 34.5 Å². The molecule has 3 aromatic rings. The number of benzene rings is 1. The smallest absolute Gasteiger partial charge is 0.337 e. The highest BCUT2D eigenvalue weighted by molar-refractivity contribution is 7.20. The Morgan fingerprint density at radius 3 is 2.60 bits per heavy atom. The molecule has 5 nitrogen and oxygen atoms in total. The molecule has 3 rings (SSSR count). The number of thiophene rings is 1. The number of thiazole rings is 1. The number of fused-ring (bicyclic) bond motifs is 1. The third-order valence-electron chi connectivity index (χ3n) is 3.50. The van der Waals surface area contributed by atoms with Gasteiger partial charge >= 0.3 is 5.97 Å². The van der Waals surface area contributed by atoms with E-state index in [1.54, 1.807) is 12.1 Å². The van der Waals surface area contributed by atoms with Crippen molar-refractivity contribution in [2.24, 2.45) is 4.99 Å². The van der Waals surface area contributed by atoms with E-state index in [-0.39, 0.29) is 5.56 Å². The summed E-state index contributed by atoms with van der Waals surface area (Å²) in [6, 6.07) is 6.75. The van der Waals surface area contributed by atoms with Crippen molar-refractivity contribution >= 4 is 68.0 Å². The molecule has 0 aliphatic rings. The molecule has 130 valence electrons. The number of ether oxygens (including phenoxy) is 1. The molecule has 0 saturated carbocycles. The van der Waals surface area contributed by atoms with Crippen LogP contribution in [-0.2, 0) is 11.3 Å². The fourth-order valence-electron chi connectivity index (χ4n) is 2.34. The Morgan fingerprint density at radius 2 is 2.00 bits per heavy atom. The molecule has 0 aliphatic carbocycles. The van der Waals surface area contributed by atoms with E-state index in [1.165, 1.54) is 24.5 Å². The topological polar surface area (TPSA) is 60.7 Å². The van der Waals surface area contributed by atoms with Crippen LogP contribution >= 0.6 is 45.9 Å². The Bertz CT molecular complexity index is 1050. The Morgan fingerprint density at radius 1 is 1.24 bits per heavy atom. The number of esters is 1. The van der Waals surface area contributed by atoms with Crippen LogP contribution in [0, 0.1) is 0 Å². The predicted octanol–water partition coefficient (Wildman–Crippen LogP) is 4.62. The molecule has 9 heteroatoms. The molecule has 0 unspecified atom stereocenters. The fraction of sp³-hybridized carbons (Fsp3) is 0.188. The van der Waals surface area contributed by atoms with Crippen LogP contribution in [0.1, 0.15) is 27.6 Å². The van der Waals surface area contributed by atoms with Crippen LogP contribution in [0.2, 0.25) is 8.67 Å². The van der Waals surface area contributed by atoms with Crippen molar-refractivity contribution in [1.29, 1.82) is 0 Å². The number of nitrogens with zero attached hydrogens (tertiary/aromatic N) is 2. The van der Waals surface area contributed by atoms with Gasteiger partial charge in [-0.3, -0.25) is 4.79 Å². The number of carbonyl (C=O) groups excluding carboxylic acids is 2. The molecule has 2 heterocycles. The maximum Gasteiger partial charge on any atom is 0.337 e. The minimum atomic E-state index is -0.449. The van der Waals surface area contributed by atoms with Gasteiger partial charge in [0, 0.05) is 6.54 Å². The third kappa shape index (κ3) is 3.50. The van der Waals surface area contributed by atoms with E-state index in [0.717, 1.165) is 21.6 Å². The van der Waals surface area contributed by atoms with Crippen LogP contribution in [-0.4, -0.2) is 23.6 Å². The average molecular weight is 415 g/mol. The quantitative estimate of drug-likeness (QED) is 0.587. The van der Waals surface area contributed by atoms with Gasteiger partial charge in [0.15, 0.2) is 4.80 Å². The van der Waals surface area contributed by atoms with Crippen LogP contribution in [0.5, 0.6) is 0 Å². The SMILES string of the molecule is CCn1c(=NC(=O)c2cc(Cl)sc2Cl)sc2cc(C(=O)OC)ccc21. The number of methoxy groups -OCH3 is 1. The molecule has 0 atom stereocenters. The monoisotopic (exact) mass is 414 g/mol. The number of aromatic nitrogens is 1. The van der Waals surface area contributed by atoms with Gasteiger partial charge in [-0.2, -0.15) is 4.99 Å². The summed E-state index contributed by atoms with van der Waals surface area (Å²) in [5, 5.41) is 0. The standard InChI is InChI=1S/C16H12Cl2N2O3S2/c1-3-20-10-5-4-8(15(22)23-2)6-11(10)24-16(20)19-14(21)9-7-12(17)25-13(9)18/h4-7H,3H2,1-2H3. The van der Waals surface area contributed by atoms with Crippen LogP contribution in [0.3, 0.4) is 0 Å². The van der Waals surface area contributed by atoms with Gasteiger partial charge in [0.1, 0.15) is 4.34 Å². The van der Waals surface area contributed by atoms with Crippen LogP contribution in [0.4, 0.5) is 0 Å². The lowest BCUT2D eigenvalue weighted by molar-refractivity contribution is 0.0601. The average Bonchev–Trinajstić information content (AvgIpc) is 3.11. The zero-order valence-electron chi connectivity index (χ0n) is 13.2. The lowest BCUT2D eigenvalue weighted by Crippen LogP contribution is -2.15. The van der Waals surface area contributed by atoms with Crippen LogP contribution in [0.25, 0.3) is 10.2 Å². The van der Waals surface area contributed by atoms with Crippen molar-refractivity contribution in [1.82, 2.24) is 4.57 Å². The molecular weight excluding hydrogens is 403 g/mol. The van der Waals surface area contributed by atoms with E-state index in [2.05, 4.69) is 4.99 Å². The highest BCUT2D eigenvalue weighted by Gasteiger charge is 2.15. The molecule has 2 aromatic heterocycles. The highest BCUT2D eigenvalue weighted by Crippen LogP contribution is 2.31. The first-order valence-electron chi connectivity index (χ1n) is 7.20. The molecule has 1 amide bonds. The molecule has 25 heavy (non-hydrogen) atoms. The molecule has 0 aliphatic heterocycles. The third-order valence-corrected chi connectivity index (χ3v) is 6.03. The minimum Gasteiger partial charge on any atom is -0.465 e. The molecular formula is C16H12Cl2N2O3S2. The second-order valence-electron chi connectivity index (χ2n) is 4.96. The first kappa shape index (κ1) is 18.1. The fourth-order valence-corrected chi connectivity index (χ4v) is 4.92. The van der Waals surface area contributed by atoms with Gasteiger partial charge in [0.25, 0.3) is 5.91 Å². The summed E-state index contributed by atoms with van der Waals surface area (Å²) in [6.45, 7) is 2.58. The van der Waals surface area contributed by atoms with E-state index < -0.39 is 11.9 Å². The van der Waals surface area contributed by atoms with Crippen LogP contribution in [0.15, 0.2) is 29.3 Å². The second-order valence-corrected chi connectivity index (χ2v) is 8.25. The van der Waals surface area contributed by atoms with Crippen molar-refractivity contribution in [2.45, 2.75) is 13.5 Å². The van der Waals surface area contributed by atoms with Crippen molar-refractivity contribution in [2.75, 3.05) is 7.11 Å². The first-order valence-corrected chi connectivity index (χ1v) is 9.59. The Hall–Kier alpha value is -1.67. The minimum absolute atomic E-state index is 0.284. The molecule has 1 aromatic carbocycles. The van der Waals surface area contributed by atoms with Gasteiger partial charge in [0.05, 0.1) is 32.8 Å². The summed E-state index contributed by atoms with van der Waals surface area (Å²) >= 11 is 14.4. The van der Waals surface area contributed by atoms with Crippen molar-refractivity contribution in [3.8, 4) is 0 Å². The van der Waals surface area contributed by atoms with E-state index in [4.69, 9.17) is 27.9 Å². The van der Waals surface area contributed by atoms with E-state index in [9.17, 15) is 9.59 Å². The maximum atomic E-state index is 12.4. The number of amides is 1. The van der Waals surface area contributed by atoms with Crippen molar-refractivity contribution in [3.05, 3.63) is 48.9 Å². The number of aryl methyl sites for hydroxylation is 1. The van der Waals surface area contributed by atoms with Gasteiger partial charge < -0.3 is 9.30 Å². The molecule has 0 fully saturated rings. The van der Waals surface area contributed by atoms with Gasteiger partial charge in [-0.25, -0.2) is 4.79 Å². The van der Waals surface area contributed by atoms with Crippen molar-refractivity contribution < 1.29 is 14.3 Å². The van der Waals surface area contributed by atoms with Gasteiger partial charge in [-0.15, -0.1) is 11.3 Å². The van der Waals surface area contributed by atoms with E-state index in [0.29, 0.717) is 25.6 Å². The molecule has 0 saturated heterocycles. The summed E-state index contributed by atoms with van der Waals surface area (Å²) in [5.74, 6) is -0.859. The highest BCUT2D eigenvalue weighted by atomic mass is 35.5. The summed E-state index contributed by atoms with van der Waals surface area (Å²) in [6.07, 6.45) is 0. The number of hydrogen-bond acceptors (Lipinski definition) is 5. The lowest BCUT2D eigenvalue weighted by Gasteiger charge is -2.02. The Balaban J connectivity index is 2.13. The maximum absolute atomic E-state index is 12.4. The van der Waals surface area contributed by atoms with Gasteiger partial charge in [0.2, 0.25) is 0 Å². The molecule has 0 bridgehead atoms. The zero-order valence-corrected chi connectivity index (χ0v) is 16.4. The second kappa shape index (κ2) is 7.29. The number of carbonyl (C=O) groups is 2.